The largest absolute Gasteiger partial charge is 0.388 e. The third-order valence-corrected chi connectivity index (χ3v) is 6.18. The first-order chi connectivity index (χ1) is 13.6. The van der Waals surface area contributed by atoms with E-state index in [0.29, 0.717) is 0 Å². The lowest BCUT2D eigenvalue weighted by Gasteiger charge is -2.23. The molecule has 0 spiro atoms. The molecule has 5 atom stereocenters. The molecule has 3 heterocycles. The molecule has 29 heavy (non-hydrogen) atoms. The number of anilines is 1. The summed E-state index contributed by atoms with van der Waals surface area (Å²) in [6.45, 7) is 1.32. The van der Waals surface area contributed by atoms with Crippen LogP contribution >= 0.6 is 7.60 Å². The van der Waals surface area contributed by atoms with Crippen LogP contribution < -0.4 is 11.1 Å². The molecule has 3 rings (SSSR count). The second kappa shape index (κ2) is 8.30. The number of imidazole rings is 1. The Morgan fingerprint density at radius 3 is 2.72 bits per heavy atom. The maximum absolute atomic E-state index is 11.8. The standard InChI is InChI=1S/C15H23N6O7P/c1-2-9(22)17-4-7(29(25,26)27)3-8-11(23)12(24)15(28-8)21-6-20-10-13(16)18-5-19-14(10)21/h5-8,11-12,15,23-24H,2-4H2,1H3,(H,17,22)(H2,16,18,19)(H2,25,26,27)/t7?,8-,11-,12-,15-/m1/s1. The van der Waals surface area contributed by atoms with Crippen LogP contribution in [0.2, 0.25) is 0 Å². The fraction of sp³-hybridized carbons (Fsp3) is 0.600. The lowest BCUT2D eigenvalue weighted by atomic mass is 10.1. The maximum atomic E-state index is 11.8. The average molecular weight is 430 g/mol. The minimum atomic E-state index is -4.61. The Hall–Kier alpha value is -2.15. The van der Waals surface area contributed by atoms with E-state index in [1.54, 1.807) is 6.92 Å². The van der Waals surface area contributed by atoms with E-state index in [2.05, 4.69) is 20.3 Å². The van der Waals surface area contributed by atoms with Crippen molar-refractivity contribution >= 4 is 30.5 Å². The predicted molar refractivity (Wildman–Crippen MR) is 99.4 cm³/mol. The minimum Gasteiger partial charge on any atom is -0.388 e. The number of hydrogen-bond donors (Lipinski definition) is 6. The monoisotopic (exact) mass is 430 g/mol. The molecule has 1 amide bonds. The van der Waals surface area contributed by atoms with Crippen molar-refractivity contribution < 1.29 is 34.1 Å². The Kier molecular flexibility index (Phi) is 6.17. The predicted octanol–water partition coefficient (Wildman–Crippen LogP) is -1.51. The van der Waals surface area contributed by atoms with Crippen LogP contribution in [0.3, 0.4) is 0 Å². The number of carbonyl (C=O) groups excluding carboxylic acids is 1. The van der Waals surface area contributed by atoms with E-state index in [1.165, 1.54) is 17.2 Å². The molecule has 1 saturated heterocycles. The van der Waals surface area contributed by atoms with Gasteiger partial charge in [0.15, 0.2) is 17.7 Å². The summed E-state index contributed by atoms with van der Waals surface area (Å²) < 4.78 is 18.9. The van der Waals surface area contributed by atoms with E-state index in [1.807, 2.05) is 0 Å². The average Bonchev–Trinajstić information content (AvgIpc) is 3.21. The summed E-state index contributed by atoms with van der Waals surface area (Å²) in [6.07, 6.45) is -2.61. The number of nitrogen functional groups attached to an aromatic ring is 1. The van der Waals surface area contributed by atoms with E-state index in [9.17, 15) is 29.4 Å². The van der Waals surface area contributed by atoms with E-state index in [0.717, 1.165) is 0 Å². The number of rotatable bonds is 7. The molecule has 1 aliphatic heterocycles. The third kappa shape index (κ3) is 4.39. The first-order valence-corrected chi connectivity index (χ1v) is 10.6. The molecule has 0 saturated carbocycles. The molecule has 0 radical (unpaired) electrons. The SMILES string of the molecule is CCC(=O)NCC(C[C@H]1O[C@@H](n2cnc3c(N)ncnc32)[C@H](O)[C@@H]1O)P(=O)(O)O. The van der Waals surface area contributed by atoms with Gasteiger partial charge >= 0.3 is 7.60 Å². The van der Waals surface area contributed by atoms with Gasteiger partial charge in [0, 0.05) is 13.0 Å². The molecule has 13 nitrogen and oxygen atoms in total. The van der Waals surface area contributed by atoms with Gasteiger partial charge in [-0.25, -0.2) is 15.0 Å². The molecule has 0 aromatic carbocycles. The molecule has 1 unspecified atom stereocenters. The Morgan fingerprint density at radius 2 is 2.07 bits per heavy atom. The zero-order valence-electron chi connectivity index (χ0n) is 15.5. The van der Waals surface area contributed by atoms with Gasteiger partial charge in [-0.15, -0.1) is 0 Å². The number of nitrogens with zero attached hydrogens (tertiary/aromatic N) is 4. The van der Waals surface area contributed by atoms with Gasteiger partial charge < -0.3 is 35.8 Å². The van der Waals surface area contributed by atoms with Gasteiger partial charge in [0.25, 0.3) is 0 Å². The number of nitrogens with two attached hydrogens (primary N) is 1. The highest BCUT2D eigenvalue weighted by Crippen LogP contribution is 2.45. The number of nitrogens with one attached hydrogen (secondary N) is 1. The molecular weight excluding hydrogens is 407 g/mol. The van der Waals surface area contributed by atoms with E-state index < -0.39 is 37.8 Å². The Morgan fingerprint density at radius 1 is 1.34 bits per heavy atom. The first kappa shape index (κ1) is 21.6. The van der Waals surface area contributed by atoms with Crippen LogP contribution in [-0.2, 0) is 14.1 Å². The third-order valence-electron chi connectivity index (χ3n) is 4.83. The Balaban J connectivity index is 1.79. The van der Waals surface area contributed by atoms with Gasteiger partial charge in [-0.05, 0) is 6.42 Å². The molecule has 2 aromatic rings. The topological polar surface area (TPSA) is 206 Å². The highest BCUT2D eigenvalue weighted by molar-refractivity contribution is 7.52. The van der Waals surface area contributed by atoms with Crippen LogP contribution in [0.4, 0.5) is 5.82 Å². The number of ether oxygens (including phenoxy) is 1. The molecule has 2 aromatic heterocycles. The molecule has 1 aliphatic rings. The van der Waals surface area contributed by atoms with Crippen molar-refractivity contribution in [2.24, 2.45) is 0 Å². The molecule has 0 aliphatic carbocycles. The molecule has 0 bridgehead atoms. The number of aromatic nitrogens is 4. The molecular formula is C15H23N6O7P. The van der Waals surface area contributed by atoms with Crippen LogP contribution in [0.15, 0.2) is 12.7 Å². The van der Waals surface area contributed by atoms with Crippen LogP contribution in [-0.4, -0.2) is 75.9 Å². The summed E-state index contributed by atoms with van der Waals surface area (Å²) >= 11 is 0. The Labute approximate surface area is 165 Å². The van der Waals surface area contributed by atoms with Gasteiger partial charge in [-0.2, -0.15) is 0 Å². The quantitative estimate of drug-likeness (QED) is 0.278. The van der Waals surface area contributed by atoms with Crippen LogP contribution in [0.25, 0.3) is 11.2 Å². The van der Waals surface area contributed by atoms with E-state index in [-0.39, 0.29) is 42.3 Å². The fourth-order valence-electron chi connectivity index (χ4n) is 3.17. The molecule has 160 valence electrons. The van der Waals surface area contributed by atoms with Crippen molar-refractivity contribution in [1.29, 1.82) is 0 Å². The molecule has 1 fully saturated rings. The summed E-state index contributed by atoms with van der Waals surface area (Å²) in [4.78, 5) is 42.6. The maximum Gasteiger partial charge on any atom is 0.330 e. The van der Waals surface area contributed by atoms with Crippen molar-refractivity contribution in [3.8, 4) is 0 Å². The Bertz CT molecular complexity index is 933. The van der Waals surface area contributed by atoms with Gasteiger partial charge in [-0.3, -0.25) is 13.9 Å². The highest BCUT2D eigenvalue weighted by atomic mass is 31.2. The smallest absolute Gasteiger partial charge is 0.330 e. The summed E-state index contributed by atoms with van der Waals surface area (Å²) in [7, 11) is -4.61. The summed E-state index contributed by atoms with van der Waals surface area (Å²) in [6, 6.07) is 0. The minimum absolute atomic E-state index is 0.131. The van der Waals surface area contributed by atoms with E-state index in [4.69, 9.17) is 10.5 Å². The summed E-state index contributed by atoms with van der Waals surface area (Å²) in [5.41, 5.74) is 5.01. The van der Waals surface area contributed by atoms with Gasteiger partial charge in [0.2, 0.25) is 5.91 Å². The number of amides is 1. The normalized spacial score (nSPS) is 26.0. The zero-order valence-corrected chi connectivity index (χ0v) is 16.4. The summed E-state index contributed by atoms with van der Waals surface area (Å²) in [5, 5.41) is 23.3. The van der Waals surface area contributed by atoms with Crippen LogP contribution in [0.5, 0.6) is 0 Å². The molecule has 14 heteroatoms. The highest BCUT2D eigenvalue weighted by Gasteiger charge is 2.46. The van der Waals surface area contributed by atoms with Crippen LogP contribution in [0, 0.1) is 0 Å². The first-order valence-electron chi connectivity index (χ1n) is 8.90. The van der Waals surface area contributed by atoms with Gasteiger partial charge in [-0.1, -0.05) is 6.92 Å². The van der Waals surface area contributed by atoms with Gasteiger partial charge in [0.05, 0.1) is 18.1 Å². The van der Waals surface area contributed by atoms with Crippen molar-refractivity contribution in [3.05, 3.63) is 12.7 Å². The number of aliphatic hydroxyl groups excluding tert-OH is 2. The fourth-order valence-corrected chi connectivity index (χ4v) is 3.99. The van der Waals surface area contributed by atoms with E-state index >= 15 is 0 Å². The lowest BCUT2D eigenvalue weighted by Crippen LogP contribution is -2.37. The second-order valence-corrected chi connectivity index (χ2v) is 8.67. The molecule has 7 N–H and O–H groups in total. The van der Waals surface area contributed by atoms with Crippen LogP contribution in [0.1, 0.15) is 26.0 Å². The van der Waals surface area contributed by atoms with Crippen molar-refractivity contribution in [1.82, 2.24) is 24.8 Å². The summed E-state index contributed by atoms with van der Waals surface area (Å²) in [5.74, 6) is -0.233. The second-order valence-electron chi connectivity index (χ2n) is 6.77. The number of fused-ring (bicyclic) bond motifs is 1. The lowest BCUT2D eigenvalue weighted by molar-refractivity contribution is -0.120. The van der Waals surface area contributed by atoms with Crippen molar-refractivity contribution in [2.45, 2.75) is 50.0 Å². The number of hydrogen-bond acceptors (Lipinski definition) is 9. The van der Waals surface area contributed by atoms with Crippen molar-refractivity contribution in [3.63, 3.8) is 0 Å². The number of carbonyl (C=O) groups is 1. The van der Waals surface area contributed by atoms with Crippen molar-refractivity contribution in [2.75, 3.05) is 12.3 Å². The number of aliphatic hydroxyl groups is 2. The van der Waals surface area contributed by atoms with Gasteiger partial charge in [0.1, 0.15) is 24.1 Å². The zero-order chi connectivity index (χ0) is 21.3.